The molecule has 1 aromatic carbocycles. The van der Waals surface area contributed by atoms with Gasteiger partial charge in [0.1, 0.15) is 0 Å². The van der Waals surface area contributed by atoms with Gasteiger partial charge in [-0.2, -0.15) is 0 Å². The fourth-order valence-electron chi connectivity index (χ4n) is 1.09. The Hall–Kier alpha value is -1.88. The highest BCUT2D eigenvalue weighted by molar-refractivity contribution is 7.80. The van der Waals surface area contributed by atoms with Crippen LogP contribution in [0.2, 0.25) is 0 Å². The number of carbonyl (C=O) groups excluding carboxylic acids is 1. The molecule has 0 heterocycles. The summed E-state index contributed by atoms with van der Waals surface area (Å²) in [5.41, 5.74) is 6.98. The predicted octanol–water partition coefficient (Wildman–Crippen LogP) is 1.53. The summed E-state index contributed by atoms with van der Waals surface area (Å²) >= 11 is 4.72. The molecule has 5 heteroatoms. The van der Waals surface area contributed by atoms with E-state index in [2.05, 4.69) is 10.1 Å². The quantitative estimate of drug-likeness (QED) is 0.473. The number of nitrogens with two attached hydrogens (primary N) is 1. The molecule has 0 radical (unpaired) electrons. The van der Waals surface area contributed by atoms with Crippen LogP contribution in [-0.4, -0.2) is 18.2 Å². The third-order valence-electron chi connectivity index (χ3n) is 1.77. The lowest BCUT2D eigenvalue weighted by atomic mass is 10.2. The molecule has 0 saturated heterocycles. The molecule has 16 heavy (non-hydrogen) atoms. The van der Waals surface area contributed by atoms with Crippen LogP contribution in [-0.2, 0) is 9.53 Å². The van der Waals surface area contributed by atoms with E-state index in [0.29, 0.717) is 0 Å². The van der Waals surface area contributed by atoms with E-state index >= 15 is 0 Å². The molecule has 0 bridgehead atoms. The predicted molar refractivity (Wildman–Crippen MR) is 67.9 cm³/mol. The van der Waals surface area contributed by atoms with Gasteiger partial charge in [-0.25, -0.2) is 4.79 Å². The third-order valence-corrected chi connectivity index (χ3v) is 1.87. The smallest absolute Gasteiger partial charge is 0.330 e. The topological polar surface area (TPSA) is 64.3 Å². The molecule has 1 aromatic rings. The van der Waals surface area contributed by atoms with Crippen molar-refractivity contribution in [2.24, 2.45) is 5.73 Å². The molecule has 0 aliphatic carbocycles. The summed E-state index contributed by atoms with van der Waals surface area (Å²) in [5.74, 6) is -0.396. The Morgan fingerprint density at radius 3 is 2.94 bits per heavy atom. The van der Waals surface area contributed by atoms with Gasteiger partial charge in [0.05, 0.1) is 7.11 Å². The molecule has 0 unspecified atom stereocenters. The number of benzene rings is 1. The number of carbonyl (C=O) groups is 1. The van der Waals surface area contributed by atoms with Gasteiger partial charge in [0.2, 0.25) is 0 Å². The normalized spacial score (nSPS) is 10.1. The van der Waals surface area contributed by atoms with Crippen LogP contribution in [0.25, 0.3) is 6.08 Å². The number of ether oxygens (including phenoxy) is 1. The van der Waals surface area contributed by atoms with Crippen molar-refractivity contribution in [3.05, 3.63) is 35.9 Å². The molecule has 1 rings (SSSR count). The first-order chi connectivity index (χ1) is 7.61. The Labute approximate surface area is 99.1 Å². The fraction of sp³-hybridized carbons (Fsp3) is 0.0909. The molecule has 0 atom stereocenters. The fourth-order valence-corrected chi connectivity index (χ4v) is 1.21. The van der Waals surface area contributed by atoms with E-state index in [-0.39, 0.29) is 5.11 Å². The van der Waals surface area contributed by atoms with Crippen molar-refractivity contribution in [2.75, 3.05) is 12.4 Å². The van der Waals surface area contributed by atoms with Crippen LogP contribution in [0, 0.1) is 0 Å². The molecule has 3 N–H and O–H groups in total. The number of anilines is 1. The van der Waals surface area contributed by atoms with Gasteiger partial charge in [-0.05, 0) is 36.0 Å². The lowest BCUT2D eigenvalue weighted by molar-refractivity contribution is -0.134. The van der Waals surface area contributed by atoms with Crippen LogP contribution >= 0.6 is 12.2 Å². The Morgan fingerprint density at radius 1 is 1.56 bits per heavy atom. The summed E-state index contributed by atoms with van der Waals surface area (Å²) in [6.07, 6.45) is 3.00. The van der Waals surface area contributed by atoms with Gasteiger partial charge in [-0.1, -0.05) is 12.1 Å². The van der Waals surface area contributed by atoms with Crippen LogP contribution in [0.15, 0.2) is 30.3 Å². The van der Waals surface area contributed by atoms with E-state index in [4.69, 9.17) is 18.0 Å². The molecule has 0 aromatic heterocycles. The van der Waals surface area contributed by atoms with E-state index in [1.54, 1.807) is 6.08 Å². The number of methoxy groups -OCH3 is 1. The highest BCUT2D eigenvalue weighted by atomic mass is 32.1. The second kappa shape index (κ2) is 5.87. The lowest BCUT2D eigenvalue weighted by Crippen LogP contribution is -2.18. The van der Waals surface area contributed by atoms with Crippen molar-refractivity contribution < 1.29 is 9.53 Å². The monoisotopic (exact) mass is 236 g/mol. The maximum atomic E-state index is 10.9. The lowest BCUT2D eigenvalue weighted by Gasteiger charge is -2.03. The zero-order valence-corrected chi connectivity index (χ0v) is 9.58. The first-order valence-corrected chi connectivity index (χ1v) is 4.95. The molecule has 0 spiro atoms. The highest BCUT2D eigenvalue weighted by Gasteiger charge is 1.95. The Balaban J connectivity index is 2.78. The first kappa shape index (κ1) is 12.2. The molecule has 4 nitrogen and oxygen atoms in total. The van der Waals surface area contributed by atoms with E-state index in [1.165, 1.54) is 13.2 Å². The highest BCUT2D eigenvalue weighted by Crippen LogP contribution is 2.11. The van der Waals surface area contributed by atoms with E-state index < -0.39 is 5.97 Å². The van der Waals surface area contributed by atoms with Crippen LogP contribution in [0.4, 0.5) is 5.69 Å². The van der Waals surface area contributed by atoms with Crippen LogP contribution < -0.4 is 11.1 Å². The van der Waals surface area contributed by atoms with Crippen LogP contribution in [0.1, 0.15) is 5.56 Å². The minimum Gasteiger partial charge on any atom is -0.466 e. The molecule has 0 fully saturated rings. The van der Waals surface area contributed by atoms with Crippen molar-refractivity contribution in [1.29, 1.82) is 0 Å². The van der Waals surface area contributed by atoms with Gasteiger partial charge in [0.25, 0.3) is 0 Å². The molecule has 0 aliphatic rings. The third kappa shape index (κ3) is 4.10. The van der Waals surface area contributed by atoms with Gasteiger partial charge in [0.15, 0.2) is 5.11 Å². The molecular weight excluding hydrogens is 224 g/mol. The Kier molecular flexibility index (Phi) is 4.47. The maximum Gasteiger partial charge on any atom is 0.330 e. The number of nitrogens with one attached hydrogen (secondary N) is 1. The Morgan fingerprint density at radius 2 is 2.31 bits per heavy atom. The average molecular weight is 236 g/mol. The minimum atomic E-state index is -0.396. The molecule has 0 aliphatic heterocycles. The summed E-state index contributed by atoms with van der Waals surface area (Å²) < 4.78 is 4.48. The number of rotatable bonds is 3. The zero-order valence-electron chi connectivity index (χ0n) is 8.77. The standard InChI is InChI=1S/C11H12N2O2S/c1-15-10(14)6-5-8-3-2-4-9(7-8)13-11(12)16/h2-7H,1H3,(H3,12,13,16). The first-order valence-electron chi connectivity index (χ1n) is 4.54. The van der Waals surface area contributed by atoms with Gasteiger partial charge < -0.3 is 15.8 Å². The van der Waals surface area contributed by atoms with E-state index in [1.807, 2.05) is 24.3 Å². The number of hydrogen-bond donors (Lipinski definition) is 2. The van der Waals surface area contributed by atoms with Crippen molar-refractivity contribution >= 4 is 35.1 Å². The van der Waals surface area contributed by atoms with Gasteiger partial charge >= 0.3 is 5.97 Å². The van der Waals surface area contributed by atoms with Crippen LogP contribution in [0.3, 0.4) is 0 Å². The summed E-state index contributed by atoms with van der Waals surface area (Å²) in [4.78, 5) is 10.9. The van der Waals surface area contributed by atoms with Crippen molar-refractivity contribution in [2.45, 2.75) is 0 Å². The zero-order chi connectivity index (χ0) is 12.0. The molecule has 84 valence electrons. The maximum absolute atomic E-state index is 10.9. The molecular formula is C11H12N2O2S. The van der Waals surface area contributed by atoms with Gasteiger partial charge in [0, 0.05) is 11.8 Å². The second-order valence-corrected chi connectivity index (χ2v) is 3.41. The summed E-state index contributed by atoms with van der Waals surface area (Å²) in [6, 6.07) is 7.33. The van der Waals surface area contributed by atoms with Crippen molar-refractivity contribution in [1.82, 2.24) is 0 Å². The number of esters is 1. The van der Waals surface area contributed by atoms with Gasteiger partial charge in [-0.3, -0.25) is 0 Å². The Bertz CT molecular complexity index is 430. The number of hydrogen-bond acceptors (Lipinski definition) is 3. The molecule has 0 amide bonds. The largest absolute Gasteiger partial charge is 0.466 e. The SMILES string of the molecule is COC(=O)C=Cc1cccc(NC(N)=S)c1. The van der Waals surface area contributed by atoms with Crippen molar-refractivity contribution in [3.8, 4) is 0 Å². The summed E-state index contributed by atoms with van der Waals surface area (Å²) in [6.45, 7) is 0. The number of thiocarbonyl (C=S) groups is 1. The molecule has 0 saturated carbocycles. The van der Waals surface area contributed by atoms with Crippen molar-refractivity contribution in [3.63, 3.8) is 0 Å². The average Bonchev–Trinajstić information content (AvgIpc) is 2.25. The van der Waals surface area contributed by atoms with E-state index in [9.17, 15) is 4.79 Å². The minimum absolute atomic E-state index is 0.203. The van der Waals surface area contributed by atoms with Crippen LogP contribution in [0.5, 0.6) is 0 Å². The summed E-state index contributed by atoms with van der Waals surface area (Å²) in [7, 11) is 1.33. The van der Waals surface area contributed by atoms with E-state index in [0.717, 1.165) is 11.3 Å². The summed E-state index contributed by atoms with van der Waals surface area (Å²) in [5, 5.41) is 3.01. The second-order valence-electron chi connectivity index (χ2n) is 2.97. The van der Waals surface area contributed by atoms with Gasteiger partial charge in [-0.15, -0.1) is 0 Å².